The molecule has 0 aliphatic carbocycles. The summed E-state index contributed by atoms with van der Waals surface area (Å²) >= 11 is 0. The van der Waals surface area contributed by atoms with Gasteiger partial charge >= 0.3 is 0 Å². The number of amides is 1. The molecule has 1 amide bonds. The number of carbonyl (C=O) groups excluding carboxylic acids is 1. The fourth-order valence-corrected chi connectivity index (χ4v) is 3.70. The first kappa shape index (κ1) is 20.4. The SMILES string of the molecule is COc1cccc(C(=O)N(Cc2cc3cc(C)ccc3[nH]c2=O)c2ccccc2C)c1. The first-order valence-electron chi connectivity index (χ1n) is 10.1. The standard InChI is InChI=1S/C26H24N2O3/c1-17-11-12-23-20(13-17)14-21(25(29)27-23)16-28(24-10-5-4-7-18(24)2)26(30)19-8-6-9-22(15-19)31-3/h4-15H,16H2,1-3H3,(H,27,29). The summed E-state index contributed by atoms with van der Waals surface area (Å²) in [5, 5.41) is 0.938. The molecule has 0 atom stereocenters. The molecule has 0 unspecified atom stereocenters. The molecule has 156 valence electrons. The van der Waals surface area contributed by atoms with Crippen LogP contribution in [0.3, 0.4) is 0 Å². The van der Waals surface area contributed by atoms with Gasteiger partial charge in [0.05, 0.1) is 13.7 Å². The molecule has 1 aromatic heterocycles. The second-order valence-corrected chi connectivity index (χ2v) is 7.62. The molecule has 4 rings (SSSR count). The number of fused-ring (bicyclic) bond motifs is 1. The fraction of sp³-hybridized carbons (Fsp3) is 0.154. The number of hydrogen-bond donors (Lipinski definition) is 1. The van der Waals surface area contributed by atoms with Crippen molar-refractivity contribution in [1.82, 2.24) is 4.98 Å². The average molecular weight is 412 g/mol. The number of aromatic amines is 1. The first-order chi connectivity index (χ1) is 15.0. The summed E-state index contributed by atoms with van der Waals surface area (Å²) < 4.78 is 5.29. The van der Waals surface area contributed by atoms with Gasteiger partial charge in [0.2, 0.25) is 0 Å². The van der Waals surface area contributed by atoms with E-state index in [1.807, 2.05) is 62.4 Å². The highest BCUT2D eigenvalue weighted by Crippen LogP contribution is 2.25. The maximum Gasteiger partial charge on any atom is 0.258 e. The Morgan fingerprint density at radius 1 is 0.968 bits per heavy atom. The lowest BCUT2D eigenvalue weighted by Crippen LogP contribution is -2.33. The van der Waals surface area contributed by atoms with Gasteiger partial charge in [-0.25, -0.2) is 0 Å². The van der Waals surface area contributed by atoms with Crippen LogP contribution in [0.25, 0.3) is 10.9 Å². The number of aromatic nitrogens is 1. The average Bonchev–Trinajstić information content (AvgIpc) is 2.78. The molecule has 5 nitrogen and oxygen atoms in total. The third-order valence-corrected chi connectivity index (χ3v) is 5.37. The van der Waals surface area contributed by atoms with E-state index < -0.39 is 0 Å². The number of anilines is 1. The zero-order valence-corrected chi connectivity index (χ0v) is 17.8. The number of nitrogens with one attached hydrogen (secondary N) is 1. The molecule has 3 aromatic carbocycles. The Hall–Kier alpha value is -3.86. The lowest BCUT2D eigenvalue weighted by Gasteiger charge is -2.25. The molecule has 0 aliphatic heterocycles. The highest BCUT2D eigenvalue weighted by Gasteiger charge is 2.21. The topological polar surface area (TPSA) is 62.4 Å². The molecule has 0 bridgehead atoms. The van der Waals surface area contributed by atoms with E-state index in [1.54, 1.807) is 36.3 Å². The monoisotopic (exact) mass is 412 g/mol. The largest absolute Gasteiger partial charge is 0.497 e. The van der Waals surface area contributed by atoms with Crippen LogP contribution in [0, 0.1) is 13.8 Å². The van der Waals surface area contributed by atoms with E-state index in [9.17, 15) is 9.59 Å². The number of pyridine rings is 1. The number of para-hydroxylation sites is 1. The molecule has 4 aromatic rings. The minimum atomic E-state index is -0.201. The predicted molar refractivity (Wildman–Crippen MR) is 124 cm³/mol. The van der Waals surface area contributed by atoms with Crippen LogP contribution in [-0.2, 0) is 6.54 Å². The van der Waals surface area contributed by atoms with Crippen LogP contribution in [-0.4, -0.2) is 18.0 Å². The van der Waals surface area contributed by atoms with Gasteiger partial charge in [0.15, 0.2) is 0 Å². The van der Waals surface area contributed by atoms with Crippen LogP contribution in [0.15, 0.2) is 77.6 Å². The summed E-state index contributed by atoms with van der Waals surface area (Å²) in [5.74, 6) is 0.409. The lowest BCUT2D eigenvalue weighted by atomic mass is 10.1. The maximum atomic E-state index is 13.6. The van der Waals surface area contributed by atoms with E-state index in [-0.39, 0.29) is 18.0 Å². The van der Waals surface area contributed by atoms with Crippen molar-refractivity contribution in [2.75, 3.05) is 12.0 Å². The van der Waals surface area contributed by atoms with Gasteiger partial charge in [0, 0.05) is 22.3 Å². The molecule has 0 aliphatic rings. The summed E-state index contributed by atoms with van der Waals surface area (Å²) in [7, 11) is 1.57. The summed E-state index contributed by atoms with van der Waals surface area (Å²) in [4.78, 5) is 31.0. The Bertz CT molecular complexity index is 1320. The van der Waals surface area contributed by atoms with Crippen LogP contribution in [0.5, 0.6) is 5.75 Å². The Balaban J connectivity index is 1.81. The summed E-state index contributed by atoms with van der Waals surface area (Å²) in [6.07, 6.45) is 0. The molecule has 31 heavy (non-hydrogen) atoms. The number of aryl methyl sites for hydroxylation is 2. The minimum Gasteiger partial charge on any atom is -0.497 e. The minimum absolute atomic E-state index is 0.153. The Morgan fingerprint density at radius 3 is 2.55 bits per heavy atom. The third kappa shape index (κ3) is 4.21. The highest BCUT2D eigenvalue weighted by molar-refractivity contribution is 6.06. The van der Waals surface area contributed by atoms with E-state index >= 15 is 0 Å². The third-order valence-electron chi connectivity index (χ3n) is 5.37. The van der Waals surface area contributed by atoms with Gasteiger partial charge in [-0.15, -0.1) is 0 Å². The highest BCUT2D eigenvalue weighted by atomic mass is 16.5. The number of benzene rings is 3. The number of nitrogens with zero attached hydrogens (tertiary/aromatic N) is 1. The molecule has 1 N–H and O–H groups in total. The van der Waals surface area contributed by atoms with Gasteiger partial charge < -0.3 is 14.6 Å². The molecule has 0 radical (unpaired) electrons. The van der Waals surface area contributed by atoms with Crippen molar-refractivity contribution >= 4 is 22.5 Å². The van der Waals surface area contributed by atoms with Gasteiger partial charge in [-0.1, -0.05) is 35.9 Å². The normalized spacial score (nSPS) is 10.8. The molecule has 5 heteroatoms. The number of methoxy groups -OCH3 is 1. The molecule has 0 saturated carbocycles. The van der Waals surface area contributed by atoms with Crippen molar-refractivity contribution in [2.45, 2.75) is 20.4 Å². The Kier molecular flexibility index (Phi) is 5.58. The first-order valence-corrected chi connectivity index (χ1v) is 10.1. The number of carbonyl (C=O) groups is 1. The van der Waals surface area contributed by atoms with Crippen LogP contribution in [0.4, 0.5) is 5.69 Å². The second-order valence-electron chi connectivity index (χ2n) is 7.62. The predicted octanol–water partition coefficient (Wildman–Crippen LogP) is 5.00. The van der Waals surface area contributed by atoms with E-state index in [1.165, 1.54) is 0 Å². The molecular formula is C26H24N2O3. The van der Waals surface area contributed by atoms with Gasteiger partial charge in [-0.3, -0.25) is 9.59 Å². The van der Waals surface area contributed by atoms with Crippen molar-refractivity contribution in [1.29, 1.82) is 0 Å². The molecule has 0 saturated heterocycles. The summed E-state index contributed by atoms with van der Waals surface area (Å²) in [6, 6.07) is 22.5. The summed E-state index contributed by atoms with van der Waals surface area (Å²) in [5.41, 5.74) is 4.42. The van der Waals surface area contributed by atoms with Gasteiger partial charge in [0.1, 0.15) is 5.75 Å². The van der Waals surface area contributed by atoms with E-state index in [0.29, 0.717) is 16.9 Å². The quantitative estimate of drug-likeness (QED) is 0.502. The summed E-state index contributed by atoms with van der Waals surface area (Å²) in [6.45, 7) is 4.12. The number of H-pyrrole nitrogens is 1. The van der Waals surface area contributed by atoms with Crippen LogP contribution < -0.4 is 15.2 Å². The fourth-order valence-electron chi connectivity index (χ4n) is 3.70. The molecule has 1 heterocycles. The van der Waals surface area contributed by atoms with E-state index in [2.05, 4.69) is 4.98 Å². The smallest absolute Gasteiger partial charge is 0.258 e. The van der Waals surface area contributed by atoms with Crippen molar-refractivity contribution in [3.63, 3.8) is 0 Å². The molecule has 0 spiro atoms. The van der Waals surface area contributed by atoms with Crippen LogP contribution in [0.2, 0.25) is 0 Å². The van der Waals surface area contributed by atoms with E-state index in [0.717, 1.165) is 27.7 Å². The number of rotatable bonds is 5. The van der Waals surface area contributed by atoms with Gasteiger partial charge in [-0.2, -0.15) is 0 Å². The van der Waals surface area contributed by atoms with Gasteiger partial charge in [-0.05, 0) is 67.3 Å². The zero-order valence-electron chi connectivity index (χ0n) is 17.8. The van der Waals surface area contributed by atoms with Crippen molar-refractivity contribution in [3.8, 4) is 5.75 Å². The van der Waals surface area contributed by atoms with Gasteiger partial charge in [0.25, 0.3) is 11.5 Å². The van der Waals surface area contributed by atoms with Crippen LogP contribution >= 0.6 is 0 Å². The Morgan fingerprint density at radius 2 is 1.77 bits per heavy atom. The second kappa shape index (κ2) is 8.48. The zero-order chi connectivity index (χ0) is 22.0. The maximum absolute atomic E-state index is 13.6. The lowest BCUT2D eigenvalue weighted by molar-refractivity contribution is 0.0984. The Labute approximate surface area is 180 Å². The van der Waals surface area contributed by atoms with Crippen molar-refractivity contribution < 1.29 is 9.53 Å². The molecular weight excluding hydrogens is 388 g/mol. The van der Waals surface area contributed by atoms with Crippen molar-refractivity contribution in [3.05, 3.63) is 105 Å². The number of ether oxygens (including phenoxy) is 1. The molecule has 0 fully saturated rings. The van der Waals surface area contributed by atoms with E-state index in [4.69, 9.17) is 4.74 Å². The van der Waals surface area contributed by atoms with Crippen LogP contribution in [0.1, 0.15) is 27.0 Å². The number of hydrogen-bond acceptors (Lipinski definition) is 3. The van der Waals surface area contributed by atoms with Crippen molar-refractivity contribution in [2.24, 2.45) is 0 Å².